The summed E-state index contributed by atoms with van der Waals surface area (Å²) in [6, 6.07) is 20.1. The lowest BCUT2D eigenvalue weighted by Gasteiger charge is -2.30. The minimum absolute atomic E-state index is 0.0716. The van der Waals surface area contributed by atoms with Gasteiger partial charge in [-0.2, -0.15) is 0 Å². The molecule has 1 heterocycles. The van der Waals surface area contributed by atoms with Crippen LogP contribution in [0.25, 0.3) is 6.08 Å². The maximum Gasteiger partial charge on any atom is 0.129 e. The average Bonchev–Trinajstić information content (AvgIpc) is 3.34. The van der Waals surface area contributed by atoms with Crippen LogP contribution in [-0.4, -0.2) is 28.4 Å². The molecule has 0 amide bonds. The number of allylic oxidation sites excluding steroid dienone is 1. The molecular weight excluding hydrogens is 464 g/mol. The molecule has 0 aliphatic carbocycles. The minimum atomic E-state index is -0.175. The lowest BCUT2D eigenvalue weighted by atomic mass is 9.87. The second-order valence-electron chi connectivity index (χ2n) is 9.83. The monoisotopic (exact) mass is 500 g/mol. The Morgan fingerprint density at radius 3 is 1.70 bits per heavy atom. The summed E-state index contributed by atoms with van der Waals surface area (Å²) in [5, 5.41) is 2.13. The van der Waals surface area contributed by atoms with E-state index >= 15 is 0 Å². The summed E-state index contributed by atoms with van der Waals surface area (Å²) in [6.07, 6.45) is 6.19. The zero-order chi connectivity index (χ0) is 26.6. The molecule has 1 N–H and O–H groups in total. The third-order valence-electron chi connectivity index (χ3n) is 6.53. The zero-order valence-electron chi connectivity index (χ0n) is 22.7. The van der Waals surface area contributed by atoms with E-state index in [1.165, 1.54) is 5.56 Å². The Morgan fingerprint density at radius 2 is 1.22 bits per heavy atom. The molecule has 37 heavy (non-hydrogen) atoms. The van der Waals surface area contributed by atoms with E-state index < -0.39 is 0 Å². The van der Waals surface area contributed by atoms with Crippen molar-refractivity contribution in [2.75, 3.05) is 33.4 Å². The fraction of sp³-hybridized carbons (Fsp3) is 0.290. The van der Waals surface area contributed by atoms with Crippen LogP contribution in [0.5, 0.6) is 23.0 Å². The van der Waals surface area contributed by atoms with Crippen LogP contribution >= 0.6 is 0 Å². The first-order chi connectivity index (χ1) is 17.8. The summed E-state index contributed by atoms with van der Waals surface area (Å²) in [7, 11) is 6.68. The first-order valence-corrected chi connectivity index (χ1v) is 12.3. The van der Waals surface area contributed by atoms with Crippen molar-refractivity contribution in [3.63, 3.8) is 0 Å². The van der Waals surface area contributed by atoms with Crippen LogP contribution in [0.4, 0.5) is 5.69 Å². The molecule has 1 atom stereocenters. The van der Waals surface area contributed by atoms with Crippen LogP contribution < -0.4 is 29.4 Å². The number of rotatable bonds is 8. The quantitative estimate of drug-likeness (QED) is 0.372. The molecule has 194 valence electrons. The van der Waals surface area contributed by atoms with E-state index in [1.807, 2.05) is 48.6 Å². The molecule has 0 saturated carbocycles. The summed E-state index contributed by atoms with van der Waals surface area (Å²) >= 11 is 0. The number of hydrogen-bond donors (Lipinski definition) is 1. The summed E-state index contributed by atoms with van der Waals surface area (Å²) in [5.74, 6) is 3.00. The van der Waals surface area contributed by atoms with Crippen molar-refractivity contribution in [3.05, 3.63) is 95.2 Å². The van der Waals surface area contributed by atoms with Gasteiger partial charge in [-0.05, 0) is 65.6 Å². The number of hydrazine groups is 1. The van der Waals surface area contributed by atoms with Gasteiger partial charge in [0.05, 0.1) is 51.0 Å². The van der Waals surface area contributed by atoms with Crippen LogP contribution in [0.15, 0.2) is 78.5 Å². The predicted octanol–water partition coefficient (Wildman–Crippen LogP) is 6.68. The number of nitrogens with one attached hydrogen (secondary N) is 1. The minimum Gasteiger partial charge on any atom is -0.496 e. The molecule has 0 radical (unpaired) electrons. The van der Waals surface area contributed by atoms with E-state index in [0.717, 1.165) is 45.5 Å². The van der Waals surface area contributed by atoms with Gasteiger partial charge in [0.25, 0.3) is 0 Å². The molecular formula is C31H36N2O4. The third-order valence-corrected chi connectivity index (χ3v) is 6.53. The molecule has 4 rings (SSSR count). The Kier molecular flexibility index (Phi) is 7.67. The number of ether oxygens (including phenoxy) is 4. The summed E-state index contributed by atoms with van der Waals surface area (Å²) in [6.45, 7) is 6.65. The first-order valence-electron chi connectivity index (χ1n) is 12.3. The lowest BCUT2D eigenvalue weighted by molar-refractivity contribution is 0.381. The highest BCUT2D eigenvalue weighted by Crippen LogP contribution is 2.42. The second kappa shape index (κ2) is 10.9. The molecule has 1 unspecified atom stereocenters. The van der Waals surface area contributed by atoms with Crippen LogP contribution in [0, 0.1) is 0 Å². The van der Waals surface area contributed by atoms with Crippen molar-refractivity contribution in [1.82, 2.24) is 5.43 Å². The number of hydrogen-bond acceptors (Lipinski definition) is 6. The topological polar surface area (TPSA) is 52.2 Å². The number of benzene rings is 3. The zero-order valence-corrected chi connectivity index (χ0v) is 22.7. The van der Waals surface area contributed by atoms with E-state index in [2.05, 4.69) is 61.5 Å². The van der Waals surface area contributed by atoms with Crippen molar-refractivity contribution in [1.29, 1.82) is 0 Å². The maximum atomic E-state index is 5.76. The van der Waals surface area contributed by atoms with Gasteiger partial charge in [0.1, 0.15) is 29.0 Å². The number of anilines is 1. The molecule has 0 saturated heterocycles. The van der Waals surface area contributed by atoms with E-state index in [4.69, 9.17) is 18.9 Å². The average molecular weight is 501 g/mol. The predicted molar refractivity (Wildman–Crippen MR) is 150 cm³/mol. The molecule has 1 aliphatic heterocycles. The smallest absolute Gasteiger partial charge is 0.129 e. The van der Waals surface area contributed by atoms with E-state index in [-0.39, 0.29) is 11.5 Å². The summed E-state index contributed by atoms with van der Waals surface area (Å²) < 4.78 is 22.7. The third kappa shape index (κ3) is 5.38. The van der Waals surface area contributed by atoms with Gasteiger partial charge >= 0.3 is 0 Å². The highest BCUT2D eigenvalue weighted by Gasteiger charge is 2.31. The molecule has 3 aromatic carbocycles. The van der Waals surface area contributed by atoms with Crippen molar-refractivity contribution in [2.24, 2.45) is 0 Å². The van der Waals surface area contributed by atoms with Gasteiger partial charge in [0.15, 0.2) is 0 Å². The first kappa shape index (κ1) is 26.0. The molecule has 1 aliphatic rings. The Bertz CT molecular complexity index is 1250. The van der Waals surface area contributed by atoms with Crippen molar-refractivity contribution >= 4 is 11.8 Å². The van der Waals surface area contributed by atoms with Crippen LogP contribution in [0.2, 0.25) is 0 Å². The molecule has 0 aromatic heterocycles. The van der Waals surface area contributed by atoms with Crippen LogP contribution in [0.1, 0.15) is 43.5 Å². The van der Waals surface area contributed by atoms with Gasteiger partial charge in [0.2, 0.25) is 0 Å². The molecule has 3 aromatic rings. The second-order valence-corrected chi connectivity index (χ2v) is 9.83. The molecule has 0 bridgehead atoms. The van der Waals surface area contributed by atoms with Gasteiger partial charge in [-0.25, -0.2) is 0 Å². The number of nitrogens with zero attached hydrogens (tertiary/aromatic N) is 1. The van der Waals surface area contributed by atoms with Gasteiger partial charge in [-0.3, -0.25) is 10.4 Å². The Balaban J connectivity index is 1.78. The number of methoxy groups -OCH3 is 4. The van der Waals surface area contributed by atoms with Gasteiger partial charge in [-0.1, -0.05) is 45.0 Å². The lowest BCUT2D eigenvalue weighted by Crippen LogP contribution is -2.34. The van der Waals surface area contributed by atoms with Crippen LogP contribution in [-0.2, 0) is 5.41 Å². The molecule has 6 nitrogen and oxygen atoms in total. The molecule has 0 spiro atoms. The largest absolute Gasteiger partial charge is 0.496 e. The summed E-state index contributed by atoms with van der Waals surface area (Å²) in [5.41, 5.74) is 8.69. The van der Waals surface area contributed by atoms with E-state index in [9.17, 15) is 0 Å². The van der Waals surface area contributed by atoms with Gasteiger partial charge < -0.3 is 18.9 Å². The van der Waals surface area contributed by atoms with E-state index in [1.54, 1.807) is 28.4 Å². The molecule has 6 heteroatoms. The van der Waals surface area contributed by atoms with Gasteiger partial charge in [-0.15, -0.1) is 0 Å². The SMILES string of the molecule is COc1cccc(OC)c1C=CC1=CC(c2c(OC)cccc2OC)N(c2ccc(C(C)(C)C)cc2)N1. The normalized spacial score (nSPS) is 15.4. The van der Waals surface area contributed by atoms with Crippen molar-refractivity contribution in [2.45, 2.75) is 32.2 Å². The standard InChI is InChI=1S/C31H36N2O4/c1-31(2,3)21-14-17-23(18-15-21)33-25(30-28(36-6)12-9-13-29(30)37-7)20-22(32-33)16-19-24-26(34-4)10-8-11-27(24)35-5/h8-20,25,32H,1-7H3. The Morgan fingerprint density at radius 1 is 0.703 bits per heavy atom. The van der Waals surface area contributed by atoms with E-state index in [0.29, 0.717) is 0 Å². The fourth-order valence-corrected chi connectivity index (χ4v) is 4.53. The Labute approximate surface area is 220 Å². The van der Waals surface area contributed by atoms with Gasteiger partial charge in [0, 0.05) is 0 Å². The fourth-order valence-electron chi connectivity index (χ4n) is 4.53. The maximum absolute atomic E-state index is 5.76. The van der Waals surface area contributed by atoms with Crippen molar-refractivity contribution < 1.29 is 18.9 Å². The van der Waals surface area contributed by atoms with Crippen LogP contribution in [0.3, 0.4) is 0 Å². The summed E-state index contributed by atoms with van der Waals surface area (Å²) in [4.78, 5) is 0. The molecule has 0 fully saturated rings. The highest BCUT2D eigenvalue weighted by molar-refractivity contribution is 5.67. The Hall–Kier alpha value is -4.06. The highest BCUT2D eigenvalue weighted by atomic mass is 16.5. The van der Waals surface area contributed by atoms with Crippen molar-refractivity contribution in [3.8, 4) is 23.0 Å².